The Morgan fingerprint density at radius 1 is 1.05 bits per heavy atom. The Labute approximate surface area is 127 Å². The van der Waals surface area contributed by atoms with E-state index in [0.29, 0.717) is 20.5 Å². The van der Waals surface area contributed by atoms with Crippen LogP contribution in [0.2, 0.25) is 5.02 Å². The molecular formula is C16H7BrClFO. The van der Waals surface area contributed by atoms with Crippen LogP contribution >= 0.6 is 27.5 Å². The molecule has 0 aliphatic rings. The Bertz CT molecular complexity index is 990. The van der Waals surface area contributed by atoms with Crippen LogP contribution in [0.5, 0.6) is 0 Å². The van der Waals surface area contributed by atoms with Gasteiger partial charge in [0.2, 0.25) is 0 Å². The van der Waals surface area contributed by atoms with Crippen molar-refractivity contribution in [2.45, 2.75) is 0 Å². The quantitative estimate of drug-likeness (QED) is 0.340. The zero-order valence-electron chi connectivity index (χ0n) is 10.1. The SMILES string of the molecule is Fc1c(Br)cc(Cl)c2c1oc1ccc3ccccc3c12. The predicted octanol–water partition coefficient (Wildman–Crippen LogP) is 6.29. The van der Waals surface area contributed by atoms with Crippen LogP contribution in [0.15, 0.2) is 51.4 Å². The van der Waals surface area contributed by atoms with E-state index in [4.69, 9.17) is 16.0 Å². The summed E-state index contributed by atoms with van der Waals surface area (Å²) in [5, 5.41) is 4.03. The van der Waals surface area contributed by atoms with Crippen molar-refractivity contribution in [1.29, 1.82) is 0 Å². The topological polar surface area (TPSA) is 13.1 Å². The van der Waals surface area contributed by atoms with Crippen LogP contribution in [-0.2, 0) is 0 Å². The molecule has 0 N–H and O–H groups in total. The molecule has 0 saturated carbocycles. The van der Waals surface area contributed by atoms with E-state index in [2.05, 4.69) is 15.9 Å². The van der Waals surface area contributed by atoms with E-state index in [0.717, 1.165) is 16.2 Å². The third-order valence-electron chi connectivity index (χ3n) is 3.48. The van der Waals surface area contributed by atoms with E-state index in [1.807, 2.05) is 36.4 Å². The number of benzene rings is 3. The van der Waals surface area contributed by atoms with Crippen LogP contribution < -0.4 is 0 Å². The Morgan fingerprint density at radius 2 is 1.85 bits per heavy atom. The average Bonchev–Trinajstić information content (AvgIpc) is 2.85. The van der Waals surface area contributed by atoms with Crippen molar-refractivity contribution < 1.29 is 8.81 Å². The first kappa shape index (κ1) is 12.2. The van der Waals surface area contributed by atoms with Crippen molar-refractivity contribution in [2.24, 2.45) is 0 Å². The van der Waals surface area contributed by atoms with Crippen molar-refractivity contribution in [3.63, 3.8) is 0 Å². The highest BCUT2D eigenvalue weighted by Crippen LogP contribution is 2.41. The van der Waals surface area contributed by atoms with Gasteiger partial charge in [0, 0.05) is 5.39 Å². The van der Waals surface area contributed by atoms with Gasteiger partial charge in [0.25, 0.3) is 0 Å². The number of furan rings is 1. The first-order chi connectivity index (χ1) is 9.66. The lowest BCUT2D eigenvalue weighted by Gasteiger charge is -2.00. The summed E-state index contributed by atoms with van der Waals surface area (Å²) in [4.78, 5) is 0. The molecule has 0 amide bonds. The van der Waals surface area contributed by atoms with Crippen LogP contribution in [0.3, 0.4) is 0 Å². The van der Waals surface area contributed by atoms with E-state index in [1.54, 1.807) is 6.07 Å². The third kappa shape index (κ3) is 1.54. The van der Waals surface area contributed by atoms with Gasteiger partial charge in [-0.2, -0.15) is 0 Å². The maximum Gasteiger partial charge on any atom is 0.180 e. The van der Waals surface area contributed by atoms with E-state index in [1.165, 1.54) is 0 Å². The average molecular weight is 350 g/mol. The summed E-state index contributed by atoms with van der Waals surface area (Å²) in [6.07, 6.45) is 0. The molecule has 4 heteroatoms. The molecule has 3 aromatic carbocycles. The second-order valence-electron chi connectivity index (χ2n) is 4.62. The first-order valence-electron chi connectivity index (χ1n) is 6.04. The lowest BCUT2D eigenvalue weighted by Crippen LogP contribution is -1.80. The summed E-state index contributed by atoms with van der Waals surface area (Å²) in [7, 11) is 0. The van der Waals surface area contributed by atoms with Gasteiger partial charge in [-0.05, 0) is 38.8 Å². The zero-order chi connectivity index (χ0) is 13.9. The van der Waals surface area contributed by atoms with Crippen LogP contribution in [0.1, 0.15) is 0 Å². The van der Waals surface area contributed by atoms with E-state index < -0.39 is 5.82 Å². The predicted molar refractivity (Wildman–Crippen MR) is 83.9 cm³/mol. The molecule has 0 bridgehead atoms. The molecule has 4 aromatic rings. The van der Waals surface area contributed by atoms with E-state index in [-0.39, 0.29) is 5.58 Å². The fourth-order valence-corrected chi connectivity index (χ4v) is 3.44. The largest absolute Gasteiger partial charge is 0.453 e. The van der Waals surface area contributed by atoms with Gasteiger partial charge >= 0.3 is 0 Å². The Morgan fingerprint density at radius 3 is 2.70 bits per heavy atom. The molecular weight excluding hydrogens is 343 g/mol. The molecule has 1 aromatic heterocycles. The standard InChI is InChI=1S/C16H7BrClFO/c17-10-7-11(18)14-13-9-4-2-1-3-8(9)5-6-12(13)20-16(14)15(10)19/h1-7H. The maximum absolute atomic E-state index is 14.2. The van der Waals surface area contributed by atoms with Crippen LogP contribution in [0.4, 0.5) is 4.39 Å². The molecule has 1 heterocycles. The van der Waals surface area contributed by atoms with Crippen molar-refractivity contribution >= 4 is 60.2 Å². The summed E-state index contributed by atoms with van der Waals surface area (Å²) in [5.41, 5.74) is 0.827. The second kappa shape index (κ2) is 4.21. The third-order valence-corrected chi connectivity index (χ3v) is 4.36. The minimum Gasteiger partial charge on any atom is -0.453 e. The molecule has 0 spiro atoms. The van der Waals surface area contributed by atoms with Crippen molar-refractivity contribution in [2.75, 3.05) is 0 Å². The number of hydrogen-bond donors (Lipinski definition) is 0. The van der Waals surface area contributed by atoms with E-state index in [9.17, 15) is 4.39 Å². The van der Waals surface area contributed by atoms with Gasteiger partial charge in [0.1, 0.15) is 5.58 Å². The van der Waals surface area contributed by atoms with E-state index >= 15 is 0 Å². The minimum absolute atomic E-state index is 0.190. The van der Waals surface area contributed by atoms with Crippen molar-refractivity contribution in [3.8, 4) is 0 Å². The lowest BCUT2D eigenvalue weighted by atomic mass is 10.0. The molecule has 0 radical (unpaired) electrons. The molecule has 0 fully saturated rings. The highest BCUT2D eigenvalue weighted by molar-refractivity contribution is 9.10. The highest BCUT2D eigenvalue weighted by Gasteiger charge is 2.18. The molecule has 0 unspecified atom stereocenters. The molecule has 0 atom stereocenters. The second-order valence-corrected chi connectivity index (χ2v) is 5.88. The first-order valence-corrected chi connectivity index (χ1v) is 7.21. The summed E-state index contributed by atoms with van der Waals surface area (Å²) in [6, 6.07) is 13.3. The lowest BCUT2D eigenvalue weighted by molar-refractivity contribution is 0.580. The van der Waals surface area contributed by atoms with Gasteiger partial charge in [-0.15, -0.1) is 0 Å². The molecule has 20 heavy (non-hydrogen) atoms. The van der Waals surface area contributed by atoms with Crippen LogP contribution in [0.25, 0.3) is 32.7 Å². The maximum atomic E-state index is 14.2. The number of rotatable bonds is 0. The minimum atomic E-state index is -0.426. The summed E-state index contributed by atoms with van der Waals surface area (Å²) >= 11 is 9.45. The van der Waals surface area contributed by atoms with Gasteiger partial charge in [0.05, 0.1) is 14.9 Å². The highest BCUT2D eigenvalue weighted by atomic mass is 79.9. The molecule has 0 saturated heterocycles. The van der Waals surface area contributed by atoms with Gasteiger partial charge < -0.3 is 4.42 Å². The number of halogens is 3. The normalized spacial score (nSPS) is 11.8. The van der Waals surface area contributed by atoms with Crippen molar-refractivity contribution in [3.05, 3.63) is 57.8 Å². The molecule has 0 aliphatic carbocycles. The Kier molecular flexibility index (Phi) is 2.56. The molecule has 4 rings (SSSR count). The number of hydrogen-bond acceptors (Lipinski definition) is 1. The summed E-state index contributed by atoms with van der Waals surface area (Å²) in [6.45, 7) is 0. The molecule has 1 nitrogen and oxygen atoms in total. The summed E-state index contributed by atoms with van der Waals surface area (Å²) in [5.74, 6) is -0.426. The van der Waals surface area contributed by atoms with Gasteiger partial charge in [-0.1, -0.05) is 41.9 Å². The Balaban J connectivity index is 2.37. The monoisotopic (exact) mass is 348 g/mol. The summed E-state index contributed by atoms with van der Waals surface area (Å²) < 4.78 is 20.2. The fourth-order valence-electron chi connectivity index (χ4n) is 2.61. The fraction of sp³-hybridized carbons (Fsp3) is 0. The smallest absolute Gasteiger partial charge is 0.180 e. The van der Waals surface area contributed by atoms with Gasteiger partial charge in [-0.25, -0.2) is 4.39 Å². The number of fused-ring (bicyclic) bond motifs is 5. The molecule has 98 valence electrons. The van der Waals surface area contributed by atoms with Gasteiger partial charge in [0.15, 0.2) is 11.4 Å². The van der Waals surface area contributed by atoms with Crippen molar-refractivity contribution in [1.82, 2.24) is 0 Å². The Hall–Kier alpha value is -1.58. The van der Waals surface area contributed by atoms with Crippen LogP contribution in [-0.4, -0.2) is 0 Å². The van der Waals surface area contributed by atoms with Gasteiger partial charge in [-0.3, -0.25) is 0 Å². The zero-order valence-corrected chi connectivity index (χ0v) is 12.4. The molecule has 0 aliphatic heterocycles. The van der Waals surface area contributed by atoms with Crippen LogP contribution in [0, 0.1) is 5.82 Å².